The number of para-hydroxylation sites is 1. The Morgan fingerprint density at radius 2 is 2.08 bits per heavy atom. The Balaban J connectivity index is 1.39. The number of anilines is 2. The number of nitrogens with one attached hydrogen (secondary N) is 2. The van der Waals surface area contributed by atoms with Gasteiger partial charge in [-0.15, -0.1) is 10.2 Å². The number of hydrogen-bond acceptors (Lipinski definition) is 7. The van der Waals surface area contributed by atoms with Gasteiger partial charge in [0, 0.05) is 23.8 Å². The van der Waals surface area contributed by atoms with Crippen molar-refractivity contribution in [3.05, 3.63) is 29.8 Å². The lowest BCUT2D eigenvalue weighted by molar-refractivity contribution is -0.116. The highest BCUT2D eigenvalue weighted by Crippen LogP contribution is 2.30. The van der Waals surface area contributed by atoms with Gasteiger partial charge < -0.3 is 10.6 Å². The molecular formula is C17H20N4O2S2. The second-order valence-electron chi connectivity index (χ2n) is 5.89. The number of carbonyl (C=O) groups is 2. The number of hydrogen-bond donors (Lipinski definition) is 2. The molecule has 2 aromatic rings. The summed E-state index contributed by atoms with van der Waals surface area (Å²) < 4.78 is 0.922. The summed E-state index contributed by atoms with van der Waals surface area (Å²) in [7, 11) is 0. The average Bonchev–Trinajstić information content (AvgIpc) is 3.29. The summed E-state index contributed by atoms with van der Waals surface area (Å²) in [6.45, 7) is 1.50. The van der Waals surface area contributed by atoms with E-state index in [0.29, 0.717) is 23.7 Å². The zero-order chi connectivity index (χ0) is 17.6. The molecule has 0 spiro atoms. The Kier molecular flexibility index (Phi) is 6.04. The Morgan fingerprint density at radius 3 is 2.84 bits per heavy atom. The lowest BCUT2D eigenvalue weighted by Crippen LogP contribution is -2.13. The summed E-state index contributed by atoms with van der Waals surface area (Å²) in [5.74, 6) is 0.667. The second-order valence-corrected chi connectivity index (χ2v) is 8.21. The fourth-order valence-corrected chi connectivity index (χ4v) is 4.07. The predicted octanol–water partition coefficient (Wildman–Crippen LogP) is 3.83. The number of thioether (sulfide) groups is 1. The van der Waals surface area contributed by atoms with Crippen LogP contribution in [0.15, 0.2) is 28.6 Å². The maximum atomic E-state index is 12.1. The van der Waals surface area contributed by atoms with Crippen molar-refractivity contribution in [2.75, 3.05) is 16.4 Å². The van der Waals surface area contributed by atoms with Gasteiger partial charge in [-0.2, -0.15) is 0 Å². The zero-order valence-electron chi connectivity index (χ0n) is 13.9. The van der Waals surface area contributed by atoms with E-state index >= 15 is 0 Å². The molecule has 1 saturated carbocycles. The van der Waals surface area contributed by atoms with Crippen molar-refractivity contribution in [2.45, 2.75) is 43.0 Å². The van der Waals surface area contributed by atoms with Gasteiger partial charge in [-0.3, -0.25) is 9.59 Å². The van der Waals surface area contributed by atoms with E-state index in [1.165, 1.54) is 19.8 Å². The maximum absolute atomic E-state index is 12.1. The summed E-state index contributed by atoms with van der Waals surface area (Å²) >= 11 is 3.18. The largest absolute Gasteiger partial charge is 0.357 e. The fourth-order valence-electron chi connectivity index (χ4n) is 2.23. The van der Waals surface area contributed by atoms with Gasteiger partial charge in [-0.25, -0.2) is 0 Å². The van der Waals surface area contributed by atoms with Crippen LogP contribution < -0.4 is 10.6 Å². The van der Waals surface area contributed by atoms with Crippen LogP contribution in [0.4, 0.5) is 10.8 Å². The van der Waals surface area contributed by atoms with Crippen molar-refractivity contribution in [3.63, 3.8) is 0 Å². The van der Waals surface area contributed by atoms with Crippen LogP contribution in [0.3, 0.4) is 0 Å². The zero-order valence-corrected chi connectivity index (χ0v) is 15.6. The summed E-state index contributed by atoms with van der Waals surface area (Å²) in [6, 6.07) is 7.64. The Morgan fingerprint density at radius 1 is 1.28 bits per heavy atom. The van der Waals surface area contributed by atoms with Crippen molar-refractivity contribution >= 4 is 45.6 Å². The molecule has 0 unspecified atom stereocenters. The molecule has 6 nitrogen and oxygen atoms in total. The molecule has 8 heteroatoms. The van der Waals surface area contributed by atoms with Crippen LogP contribution in [0.1, 0.15) is 43.0 Å². The van der Waals surface area contributed by atoms with Crippen LogP contribution in [0, 0.1) is 0 Å². The summed E-state index contributed by atoms with van der Waals surface area (Å²) in [5, 5.41) is 15.3. The highest BCUT2D eigenvalue weighted by atomic mass is 32.2. The number of Topliss-reactive ketones (excluding diaryl/α,β-unsaturated/α-hetero) is 1. The van der Waals surface area contributed by atoms with Gasteiger partial charge in [0.2, 0.25) is 11.0 Å². The molecule has 0 bridgehead atoms. The minimum absolute atomic E-state index is 0.0571. The Labute approximate surface area is 154 Å². The molecular weight excluding hydrogens is 356 g/mol. The van der Waals surface area contributed by atoms with Crippen LogP contribution in [0.2, 0.25) is 0 Å². The SMILES string of the molecule is CC(=O)c1ccccc1NC(=O)CCCSc1nnc(NC2CC2)s1. The van der Waals surface area contributed by atoms with E-state index in [2.05, 4.69) is 20.8 Å². The van der Waals surface area contributed by atoms with E-state index in [4.69, 9.17) is 0 Å². The first-order chi connectivity index (χ1) is 12.1. The van der Waals surface area contributed by atoms with Gasteiger partial charge in [0.25, 0.3) is 0 Å². The number of benzene rings is 1. The van der Waals surface area contributed by atoms with Crippen LogP contribution >= 0.6 is 23.1 Å². The minimum Gasteiger partial charge on any atom is -0.357 e. The van der Waals surface area contributed by atoms with Crippen molar-refractivity contribution in [2.24, 2.45) is 0 Å². The molecule has 2 N–H and O–H groups in total. The van der Waals surface area contributed by atoms with Crippen molar-refractivity contribution in [3.8, 4) is 0 Å². The third kappa shape index (κ3) is 5.54. The molecule has 0 atom stereocenters. The predicted molar refractivity (Wildman–Crippen MR) is 102 cm³/mol. The lowest BCUT2D eigenvalue weighted by Gasteiger charge is -2.08. The second kappa shape index (κ2) is 8.44. The molecule has 132 valence electrons. The number of amides is 1. The van der Waals surface area contributed by atoms with E-state index in [1.807, 2.05) is 0 Å². The molecule has 0 aliphatic heterocycles. The van der Waals surface area contributed by atoms with Crippen molar-refractivity contribution < 1.29 is 9.59 Å². The number of nitrogens with zero attached hydrogens (tertiary/aromatic N) is 2. The molecule has 3 rings (SSSR count). The van der Waals surface area contributed by atoms with Gasteiger partial charge >= 0.3 is 0 Å². The van der Waals surface area contributed by atoms with Crippen molar-refractivity contribution in [1.29, 1.82) is 0 Å². The number of carbonyl (C=O) groups excluding carboxylic acids is 2. The first-order valence-corrected chi connectivity index (χ1v) is 10.0. The third-order valence-corrected chi connectivity index (χ3v) is 5.74. The molecule has 1 aromatic carbocycles. The van der Waals surface area contributed by atoms with Gasteiger partial charge in [-0.05, 0) is 38.3 Å². The highest BCUT2D eigenvalue weighted by molar-refractivity contribution is 8.01. The van der Waals surface area contributed by atoms with Crippen LogP contribution in [0.25, 0.3) is 0 Å². The fraction of sp³-hybridized carbons (Fsp3) is 0.412. The lowest BCUT2D eigenvalue weighted by atomic mass is 10.1. The molecule has 1 aromatic heterocycles. The minimum atomic E-state index is -0.0809. The quantitative estimate of drug-likeness (QED) is 0.393. The van der Waals surface area contributed by atoms with Gasteiger partial charge in [0.1, 0.15) is 0 Å². The average molecular weight is 377 g/mol. The van der Waals surface area contributed by atoms with Crippen LogP contribution in [-0.4, -0.2) is 33.7 Å². The number of ketones is 1. The first kappa shape index (κ1) is 17.9. The highest BCUT2D eigenvalue weighted by Gasteiger charge is 2.22. The molecule has 1 aliphatic carbocycles. The van der Waals surface area contributed by atoms with Crippen LogP contribution in [0.5, 0.6) is 0 Å². The van der Waals surface area contributed by atoms with E-state index in [0.717, 1.165) is 21.6 Å². The normalized spacial score (nSPS) is 13.5. The number of rotatable bonds is 9. The van der Waals surface area contributed by atoms with E-state index in [9.17, 15) is 9.59 Å². The monoisotopic (exact) mass is 376 g/mol. The third-order valence-electron chi connectivity index (χ3n) is 3.67. The smallest absolute Gasteiger partial charge is 0.224 e. The molecule has 0 saturated heterocycles. The maximum Gasteiger partial charge on any atom is 0.224 e. The van der Waals surface area contributed by atoms with E-state index in [1.54, 1.807) is 47.4 Å². The van der Waals surface area contributed by atoms with E-state index < -0.39 is 0 Å². The van der Waals surface area contributed by atoms with Crippen molar-refractivity contribution in [1.82, 2.24) is 10.2 Å². The molecule has 1 fully saturated rings. The molecule has 0 radical (unpaired) electrons. The Bertz CT molecular complexity index is 759. The van der Waals surface area contributed by atoms with E-state index in [-0.39, 0.29) is 11.7 Å². The van der Waals surface area contributed by atoms with Gasteiger partial charge in [0.05, 0.1) is 5.69 Å². The first-order valence-electron chi connectivity index (χ1n) is 8.24. The Hall–Kier alpha value is -1.93. The summed E-state index contributed by atoms with van der Waals surface area (Å²) in [4.78, 5) is 23.6. The standard InChI is InChI=1S/C17H20N4O2S2/c1-11(22)13-5-2-3-6-14(13)19-15(23)7-4-10-24-17-21-20-16(25-17)18-12-8-9-12/h2-3,5-6,12H,4,7-10H2,1H3,(H,18,20)(H,19,23). The summed E-state index contributed by atoms with van der Waals surface area (Å²) in [5.41, 5.74) is 1.11. The number of aromatic nitrogens is 2. The van der Waals surface area contributed by atoms with Gasteiger partial charge in [-0.1, -0.05) is 35.2 Å². The topological polar surface area (TPSA) is 84.0 Å². The van der Waals surface area contributed by atoms with Crippen LogP contribution in [-0.2, 0) is 4.79 Å². The summed E-state index contributed by atoms with van der Waals surface area (Å²) in [6.07, 6.45) is 3.57. The molecule has 1 amide bonds. The molecule has 25 heavy (non-hydrogen) atoms. The molecule has 1 heterocycles. The molecule has 1 aliphatic rings. The van der Waals surface area contributed by atoms with Gasteiger partial charge in [0.15, 0.2) is 10.1 Å².